The van der Waals surface area contributed by atoms with Crippen molar-refractivity contribution in [1.82, 2.24) is 15.1 Å². The summed E-state index contributed by atoms with van der Waals surface area (Å²) in [6.07, 6.45) is 4.59. The van der Waals surface area contributed by atoms with Crippen molar-refractivity contribution < 1.29 is 9.90 Å². The Kier molecular flexibility index (Phi) is 6.92. The monoisotopic (exact) mass is 521 g/mol. The van der Waals surface area contributed by atoms with Crippen LogP contribution in [0.1, 0.15) is 48.7 Å². The number of hydrogen-bond acceptors (Lipinski definition) is 6. The van der Waals surface area contributed by atoms with E-state index in [4.69, 9.17) is 0 Å². The summed E-state index contributed by atoms with van der Waals surface area (Å²) in [5.41, 5.74) is 3.66. The van der Waals surface area contributed by atoms with Gasteiger partial charge >= 0.3 is 0 Å². The van der Waals surface area contributed by atoms with Crippen molar-refractivity contribution in [2.75, 3.05) is 36.4 Å². The van der Waals surface area contributed by atoms with Crippen molar-refractivity contribution in [3.8, 4) is 5.75 Å². The molecule has 200 valence electrons. The predicted octanol–water partition coefficient (Wildman–Crippen LogP) is 5.82. The molecule has 2 N–H and O–H groups in total. The molecule has 4 aromatic rings. The van der Waals surface area contributed by atoms with Crippen LogP contribution in [0.15, 0.2) is 78.9 Å². The van der Waals surface area contributed by atoms with E-state index < -0.39 is 5.91 Å². The highest BCUT2D eigenvalue weighted by atomic mass is 16.3. The number of carbonyl (C=O) groups is 1. The van der Waals surface area contributed by atoms with Gasteiger partial charge in [0.15, 0.2) is 11.4 Å². The molecule has 2 heterocycles. The van der Waals surface area contributed by atoms with Crippen LogP contribution in [0.3, 0.4) is 0 Å². The minimum absolute atomic E-state index is 0.0546. The molecule has 0 bridgehead atoms. The van der Waals surface area contributed by atoms with Crippen LogP contribution in [0, 0.1) is 5.92 Å². The zero-order chi connectivity index (χ0) is 26.8. The summed E-state index contributed by atoms with van der Waals surface area (Å²) in [5.74, 6) is 0.107. The average Bonchev–Trinajstić information content (AvgIpc) is 2.99. The van der Waals surface area contributed by atoms with E-state index in [1.807, 2.05) is 18.2 Å². The highest BCUT2D eigenvalue weighted by molar-refractivity contribution is 6.07. The molecule has 1 saturated heterocycles. The Labute approximate surface area is 229 Å². The molecule has 7 heteroatoms. The summed E-state index contributed by atoms with van der Waals surface area (Å²) >= 11 is 0. The van der Waals surface area contributed by atoms with Crippen LogP contribution in [0.5, 0.6) is 5.75 Å². The number of nitrogens with one attached hydrogen (secondary N) is 1. The van der Waals surface area contributed by atoms with Crippen LogP contribution < -0.4 is 10.2 Å². The summed E-state index contributed by atoms with van der Waals surface area (Å²) < 4.78 is 0. The number of anilines is 2. The van der Waals surface area contributed by atoms with Crippen molar-refractivity contribution in [2.24, 2.45) is 5.92 Å². The van der Waals surface area contributed by atoms with Gasteiger partial charge in [0.05, 0.1) is 5.52 Å². The SMILES string of the molecule is CC1CCC(c2cccc(NC(=O)c3nnc4ccccc4c3O)c2)(N2CCN(c3ccccc3)CC2)CC1. The van der Waals surface area contributed by atoms with Gasteiger partial charge in [-0.25, -0.2) is 0 Å². The first kappa shape index (κ1) is 25.3. The van der Waals surface area contributed by atoms with Gasteiger partial charge < -0.3 is 15.3 Å². The maximum Gasteiger partial charge on any atom is 0.280 e. The van der Waals surface area contributed by atoms with Crippen LogP contribution in [0.2, 0.25) is 0 Å². The van der Waals surface area contributed by atoms with E-state index in [-0.39, 0.29) is 17.0 Å². The molecule has 6 rings (SSSR count). The van der Waals surface area contributed by atoms with Crippen LogP contribution in [0.4, 0.5) is 11.4 Å². The van der Waals surface area contributed by atoms with Gasteiger partial charge in [-0.15, -0.1) is 10.2 Å². The minimum atomic E-state index is -0.467. The van der Waals surface area contributed by atoms with Crippen molar-refractivity contribution >= 4 is 28.2 Å². The maximum atomic E-state index is 13.2. The third kappa shape index (κ3) is 4.94. The van der Waals surface area contributed by atoms with Crippen LogP contribution in [-0.2, 0) is 5.54 Å². The number of amides is 1. The molecule has 1 aliphatic heterocycles. The normalized spacial score (nSPS) is 22.1. The number of benzene rings is 3. The van der Waals surface area contributed by atoms with E-state index in [9.17, 15) is 9.90 Å². The maximum absolute atomic E-state index is 13.2. The second-order valence-corrected chi connectivity index (χ2v) is 11.0. The average molecular weight is 522 g/mol. The Hall–Kier alpha value is -3.97. The Morgan fingerprint density at radius 1 is 0.897 bits per heavy atom. The molecule has 0 radical (unpaired) electrons. The molecule has 39 heavy (non-hydrogen) atoms. The smallest absolute Gasteiger partial charge is 0.280 e. The second-order valence-electron chi connectivity index (χ2n) is 11.0. The lowest BCUT2D eigenvalue weighted by atomic mass is 9.71. The number of nitrogens with zero attached hydrogens (tertiary/aromatic N) is 4. The van der Waals surface area contributed by atoms with Gasteiger partial charge in [-0.05, 0) is 73.6 Å². The van der Waals surface area contributed by atoms with Crippen molar-refractivity contribution in [3.05, 3.63) is 90.1 Å². The van der Waals surface area contributed by atoms with Gasteiger partial charge in [0.1, 0.15) is 0 Å². The van der Waals surface area contributed by atoms with Gasteiger partial charge in [-0.1, -0.05) is 49.4 Å². The molecule has 1 saturated carbocycles. The molecule has 0 spiro atoms. The first-order valence-electron chi connectivity index (χ1n) is 13.9. The number of fused-ring (bicyclic) bond motifs is 1. The summed E-state index contributed by atoms with van der Waals surface area (Å²) in [5, 5.41) is 22.3. The van der Waals surface area contributed by atoms with Gasteiger partial charge in [0.25, 0.3) is 5.91 Å². The minimum Gasteiger partial charge on any atom is -0.505 e. The molecule has 7 nitrogen and oxygen atoms in total. The quantitative estimate of drug-likeness (QED) is 0.345. The predicted molar refractivity (Wildman–Crippen MR) is 155 cm³/mol. The lowest BCUT2D eigenvalue weighted by molar-refractivity contribution is 0.0299. The standard InChI is InChI=1S/C32H35N5O2/c1-23-14-16-32(17-15-23,37-20-18-36(19-21-37)26-10-3-2-4-11-26)24-8-7-9-25(22-24)33-31(39)29-30(38)27-12-5-6-13-28(27)34-35-29/h2-13,22-23H,14-21H2,1H3,(H,33,39)(H,34,38). The molecular formula is C32H35N5O2. The molecule has 0 atom stereocenters. The highest BCUT2D eigenvalue weighted by Crippen LogP contribution is 2.45. The number of aromatic nitrogens is 2. The Bertz CT molecular complexity index is 1460. The van der Waals surface area contributed by atoms with E-state index in [0.717, 1.165) is 44.9 Å². The molecule has 3 aromatic carbocycles. The summed E-state index contributed by atoms with van der Waals surface area (Å²) in [6.45, 7) is 6.35. The summed E-state index contributed by atoms with van der Waals surface area (Å²) in [4.78, 5) is 18.3. The number of piperazine rings is 1. The first-order chi connectivity index (χ1) is 19.0. The van der Waals surface area contributed by atoms with Gasteiger partial charge in [-0.2, -0.15) is 0 Å². The van der Waals surface area contributed by atoms with Gasteiger partial charge in [-0.3, -0.25) is 9.69 Å². The highest BCUT2D eigenvalue weighted by Gasteiger charge is 2.42. The zero-order valence-electron chi connectivity index (χ0n) is 22.4. The fourth-order valence-corrected chi connectivity index (χ4v) is 6.33. The van der Waals surface area contributed by atoms with Crippen LogP contribution in [0.25, 0.3) is 10.9 Å². The topological polar surface area (TPSA) is 81.6 Å². The van der Waals surface area contributed by atoms with E-state index in [1.165, 1.54) is 24.1 Å². The number of rotatable bonds is 5. The third-order valence-electron chi connectivity index (χ3n) is 8.62. The van der Waals surface area contributed by atoms with Crippen LogP contribution >= 0.6 is 0 Å². The molecule has 2 fully saturated rings. The number of para-hydroxylation sites is 1. The Morgan fingerprint density at radius 3 is 2.38 bits per heavy atom. The molecule has 1 aromatic heterocycles. The number of carbonyl (C=O) groups excluding carboxylic acids is 1. The summed E-state index contributed by atoms with van der Waals surface area (Å²) in [7, 11) is 0. The molecule has 1 amide bonds. The zero-order valence-corrected chi connectivity index (χ0v) is 22.4. The number of aromatic hydroxyl groups is 1. The fraction of sp³-hybridized carbons (Fsp3) is 0.344. The summed E-state index contributed by atoms with van der Waals surface area (Å²) in [6, 6.07) is 26.0. The lowest BCUT2D eigenvalue weighted by Crippen LogP contribution is -2.56. The number of hydrogen-bond donors (Lipinski definition) is 2. The van der Waals surface area contributed by atoms with E-state index in [1.54, 1.807) is 18.2 Å². The van der Waals surface area contributed by atoms with Crippen molar-refractivity contribution in [1.29, 1.82) is 0 Å². The second kappa shape index (κ2) is 10.7. The molecule has 0 unspecified atom stereocenters. The molecule has 1 aliphatic carbocycles. The first-order valence-corrected chi connectivity index (χ1v) is 13.9. The van der Waals surface area contributed by atoms with Gasteiger partial charge in [0.2, 0.25) is 0 Å². The van der Waals surface area contributed by atoms with Crippen LogP contribution in [-0.4, -0.2) is 52.3 Å². The van der Waals surface area contributed by atoms with Crippen molar-refractivity contribution in [2.45, 2.75) is 38.1 Å². The lowest BCUT2D eigenvalue weighted by Gasteiger charge is -2.51. The van der Waals surface area contributed by atoms with E-state index in [2.05, 4.69) is 74.7 Å². The van der Waals surface area contributed by atoms with E-state index >= 15 is 0 Å². The Morgan fingerprint density at radius 2 is 1.62 bits per heavy atom. The third-order valence-corrected chi connectivity index (χ3v) is 8.62. The van der Waals surface area contributed by atoms with E-state index in [0.29, 0.717) is 16.6 Å². The Balaban J connectivity index is 1.25. The van der Waals surface area contributed by atoms with Gasteiger partial charge in [0, 0.05) is 48.5 Å². The molecule has 2 aliphatic rings. The largest absolute Gasteiger partial charge is 0.505 e. The van der Waals surface area contributed by atoms with Crippen molar-refractivity contribution in [3.63, 3.8) is 0 Å². The molecular weight excluding hydrogens is 486 g/mol. The fourth-order valence-electron chi connectivity index (χ4n) is 6.33.